The van der Waals surface area contributed by atoms with Gasteiger partial charge in [-0.25, -0.2) is 6.57 Å². The predicted octanol–water partition coefficient (Wildman–Crippen LogP) is 2.00. The Kier molecular flexibility index (Phi) is 3.19. The van der Waals surface area contributed by atoms with Gasteiger partial charge in [0.2, 0.25) is 5.78 Å². The lowest BCUT2D eigenvalue weighted by Gasteiger charge is -2.56. The quantitative estimate of drug-likeness (QED) is 0.687. The number of ketones is 1. The molecule has 2 aliphatic heterocycles. The van der Waals surface area contributed by atoms with E-state index in [1.165, 1.54) is 0 Å². The van der Waals surface area contributed by atoms with Crippen molar-refractivity contribution in [2.24, 2.45) is 16.7 Å². The van der Waals surface area contributed by atoms with Crippen LogP contribution in [0.2, 0.25) is 0 Å². The van der Waals surface area contributed by atoms with Crippen LogP contribution in [0.1, 0.15) is 33.6 Å². The van der Waals surface area contributed by atoms with E-state index in [0.29, 0.717) is 12.0 Å². The molecule has 110 valence electrons. The van der Waals surface area contributed by atoms with Crippen LogP contribution in [0.5, 0.6) is 0 Å². The zero-order chi connectivity index (χ0) is 14.5. The van der Waals surface area contributed by atoms with Crippen LogP contribution in [0, 0.1) is 23.3 Å². The van der Waals surface area contributed by atoms with Crippen molar-refractivity contribution in [2.75, 3.05) is 26.3 Å². The van der Waals surface area contributed by atoms with Gasteiger partial charge in [-0.1, -0.05) is 20.8 Å². The number of Topliss-reactive ketones (excluding diaryl/α,β-unsaturated/α-hetero) is 1. The molecule has 3 atom stereocenters. The number of hydrogen-bond donors (Lipinski definition) is 0. The lowest BCUT2D eigenvalue weighted by Crippen LogP contribution is -2.63. The molecule has 0 radical (unpaired) electrons. The van der Waals surface area contributed by atoms with Crippen molar-refractivity contribution in [3.63, 3.8) is 0 Å². The third-order valence-electron chi connectivity index (χ3n) is 5.87. The molecule has 3 fully saturated rings. The zero-order valence-electron chi connectivity index (χ0n) is 12.7. The lowest BCUT2D eigenvalue weighted by atomic mass is 9.52. The average Bonchev–Trinajstić information content (AvgIpc) is 2.31. The molecule has 3 rings (SSSR count). The Hall–Kier alpha value is -0.920. The molecule has 4 heteroatoms. The van der Waals surface area contributed by atoms with Crippen molar-refractivity contribution in [2.45, 2.75) is 45.7 Å². The van der Waals surface area contributed by atoms with Crippen molar-refractivity contribution < 1.29 is 9.53 Å². The van der Waals surface area contributed by atoms with Gasteiger partial charge in [0.1, 0.15) is 0 Å². The van der Waals surface area contributed by atoms with Gasteiger partial charge in [-0.05, 0) is 24.3 Å². The fourth-order valence-corrected chi connectivity index (χ4v) is 4.72. The summed E-state index contributed by atoms with van der Waals surface area (Å²) in [7, 11) is 0. The first-order chi connectivity index (χ1) is 9.38. The third-order valence-corrected chi connectivity index (χ3v) is 5.87. The van der Waals surface area contributed by atoms with Gasteiger partial charge in [0, 0.05) is 18.4 Å². The molecule has 1 saturated carbocycles. The molecule has 1 unspecified atom stereocenters. The summed E-state index contributed by atoms with van der Waals surface area (Å²) in [6.45, 7) is 17.5. The highest BCUT2D eigenvalue weighted by Gasteiger charge is 2.59. The highest BCUT2D eigenvalue weighted by Crippen LogP contribution is 2.54. The number of rotatable bonds is 1. The predicted molar refractivity (Wildman–Crippen MR) is 76.2 cm³/mol. The highest BCUT2D eigenvalue weighted by atomic mass is 16.5. The summed E-state index contributed by atoms with van der Waals surface area (Å²) in [5.41, 5.74) is -0.273. The number of nitrogens with zero attached hydrogens (tertiary/aromatic N) is 2. The van der Waals surface area contributed by atoms with Gasteiger partial charge in [0.05, 0.1) is 19.3 Å². The fraction of sp³-hybridized carbons (Fsp3) is 0.875. The Bertz CT molecular complexity index is 464. The molecule has 1 aliphatic carbocycles. The number of carbonyl (C=O) groups excluding carboxylic acids is 1. The Balaban J connectivity index is 1.86. The summed E-state index contributed by atoms with van der Waals surface area (Å²) in [6.07, 6.45) is 1.80. The molecule has 0 spiro atoms. The molecule has 0 N–H and O–H groups in total. The molecule has 0 bridgehead atoms. The smallest absolute Gasteiger partial charge is 0.282 e. The minimum Gasteiger partial charge on any atom is -0.378 e. The van der Waals surface area contributed by atoms with E-state index in [9.17, 15) is 4.79 Å². The van der Waals surface area contributed by atoms with Gasteiger partial charge >= 0.3 is 0 Å². The molecule has 2 heterocycles. The number of piperidine rings is 1. The Morgan fingerprint density at radius 3 is 2.60 bits per heavy atom. The van der Waals surface area contributed by atoms with Crippen LogP contribution >= 0.6 is 0 Å². The van der Waals surface area contributed by atoms with E-state index in [1.807, 2.05) is 0 Å². The van der Waals surface area contributed by atoms with E-state index in [-0.39, 0.29) is 16.6 Å². The number of hydrogen-bond acceptors (Lipinski definition) is 3. The molecule has 0 aromatic carbocycles. The van der Waals surface area contributed by atoms with E-state index in [1.54, 1.807) is 0 Å². The normalized spacial score (nSPS) is 41.6. The molecule has 0 aromatic rings. The van der Waals surface area contributed by atoms with Crippen molar-refractivity contribution in [3.8, 4) is 0 Å². The zero-order valence-corrected chi connectivity index (χ0v) is 12.7. The molecule has 0 amide bonds. The van der Waals surface area contributed by atoms with Crippen LogP contribution in [0.25, 0.3) is 4.85 Å². The molecule has 3 aliphatic rings. The van der Waals surface area contributed by atoms with Gasteiger partial charge in [0.25, 0.3) is 6.04 Å². The molecule has 20 heavy (non-hydrogen) atoms. The van der Waals surface area contributed by atoms with E-state index >= 15 is 0 Å². The van der Waals surface area contributed by atoms with Crippen molar-refractivity contribution in [3.05, 3.63) is 11.4 Å². The second-order valence-corrected chi connectivity index (χ2v) is 7.59. The summed E-state index contributed by atoms with van der Waals surface area (Å²) < 4.78 is 5.31. The standard InChI is InChI=1S/C16H24N2O2/c1-15(2)13-5-6-18(11-8-20-9-11)10-16(13,3)7-12(17-4)14(15)19/h11-13H,5-10H2,1-3H3/t12?,13-,16+/m1/s1. The van der Waals surface area contributed by atoms with Gasteiger partial charge in [0.15, 0.2) is 0 Å². The first kappa shape index (κ1) is 14.0. The topological polar surface area (TPSA) is 33.9 Å². The number of carbonyl (C=O) groups is 1. The summed E-state index contributed by atoms with van der Waals surface area (Å²) >= 11 is 0. The van der Waals surface area contributed by atoms with Crippen LogP contribution in [-0.4, -0.2) is 49.1 Å². The molecular formula is C16H24N2O2. The molecular weight excluding hydrogens is 252 g/mol. The van der Waals surface area contributed by atoms with Crippen LogP contribution in [0.4, 0.5) is 0 Å². The van der Waals surface area contributed by atoms with E-state index < -0.39 is 6.04 Å². The average molecular weight is 276 g/mol. The van der Waals surface area contributed by atoms with Crippen molar-refractivity contribution in [1.29, 1.82) is 0 Å². The first-order valence-electron chi connectivity index (χ1n) is 7.61. The van der Waals surface area contributed by atoms with Crippen LogP contribution in [-0.2, 0) is 9.53 Å². The van der Waals surface area contributed by atoms with E-state index in [2.05, 4.69) is 30.5 Å². The van der Waals surface area contributed by atoms with Gasteiger partial charge in [-0.15, -0.1) is 0 Å². The second-order valence-electron chi connectivity index (χ2n) is 7.59. The second kappa shape index (κ2) is 4.54. The number of ether oxygens (including phenoxy) is 1. The van der Waals surface area contributed by atoms with Crippen molar-refractivity contribution in [1.82, 2.24) is 4.90 Å². The van der Waals surface area contributed by atoms with Gasteiger partial charge in [-0.3, -0.25) is 9.69 Å². The minimum atomic E-state index is -0.441. The third kappa shape index (κ3) is 1.91. The Morgan fingerprint density at radius 1 is 1.35 bits per heavy atom. The van der Waals surface area contributed by atoms with Crippen LogP contribution in [0.3, 0.4) is 0 Å². The summed E-state index contributed by atoms with van der Waals surface area (Å²) in [4.78, 5) is 18.7. The Morgan fingerprint density at radius 2 is 2.05 bits per heavy atom. The van der Waals surface area contributed by atoms with Crippen molar-refractivity contribution >= 4 is 5.78 Å². The van der Waals surface area contributed by atoms with Crippen LogP contribution in [0.15, 0.2) is 0 Å². The number of likely N-dealkylation sites (tertiary alicyclic amines) is 1. The van der Waals surface area contributed by atoms with Gasteiger partial charge in [-0.2, -0.15) is 0 Å². The van der Waals surface area contributed by atoms with Gasteiger partial charge < -0.3 is 9.58 Å². The van der Waals surface area contributed by atoms with Crippen LogP contribution < -0.4 is 0 Å². The summed E-state index contributed by atoms with van der Waals surface area (Å²) in [5.74, 6) is 0.563. The minimum absolute atomic E-state index is 0.0838. The molecule has 4 nitrogen and oxygen atoms in total. The molecule has 0 aromatic heterocycles. The summed E-state index contributed by atoms with van der Waals surface area (Å²) in [6, 6.07) is 0.115. The number of fused-ring (bicyclic) bond motifs is 1. The maximum atomic E-state index is 12.5. The SMILES string of the molecule is [C-]#[N+]C1C[C@@]2(C)CN(C3COC3)CC[C@@H]2C(C)(C)C1=O. The van der Waals surface area contributed by atoms with E-state index in [4.69, 9.17) is 11.3 Å². The fourth-order valence-electron chi connectivity index (χ4n) is 4.72. The molecule has 2 saturated heterocycles. The van der Waals surface area contributed by atoms with E-state index in [0.717, 1.165) is 39.1 Å². The summed E-state index contributed by atoms with van der Waals surface area (Å²) in [5, 5.41) is 0. The first-order valence-corrected chi connectivity index (χ1v) is 7.61. The lowest BCUT2D eigenvalue weighted by molar-refractivity contribution is -0.154. The maximum Gasteiger partial charge on any atom is 0.282 e. The monoisotopic (exact) mass is 276 g/mol. The Labute approximate surface area is 121 Å². The highest BCUT2D eigenvalue weighted by molar-refractivity contribution is 5.91. The maximum absolute atomic E-state index is 12.5. The largest absolute Gasteiger partial charge is 0.378 e.